The van der Waals surface area contributed by atoms with Crippen molar-refractivity contribution in [3.8, 4) is 17.1 Å². The Morgan fingerprint density at radius 2 is 1.96 bits per heavy atom. The van der Waals surface area contributed by atoms with Crippen LogP contribution in [0.4, 0.5) is 0 Å². The van der Waals surface area contributed by atoms with Crippen LogP contribution >= 0.6 is 35.4 Å². The first-order chi connectivity index (χ1) is 11.1. The summed E-state index contributed by atoms with van der Waals surface area (Å²) in [5.41, 5.74) is 1.23. The van der Waals surface area contributed by atoms with Gasteiger partial charge in [-0.2, -0.15) is 14.9 Å². The molecule has 0 amide bonds. The van der Waals surface area contributed by atoms with Gasteiger partial charge in [0.2, 0.25) is 4.77 Å². The average molecular weight is 365 g/mol. The van der Waals surface area contributed by atoms with Crippen LogP contribution in [0.2, 0.25) is 10.0 Å². The number of aromatic nitrogens is 3. The third-order valence-corrected chi connectivity index (χ3v) is 3.82. The van der Waals surface area contributed by atoms with Gasteiger partial charge in [-0.25, -0.2) is 5.10 Å². The predicted molar refractivity (Wildman–Crippen MR) is 94.0 cm³/mol. The Bertz CT molecular complexity index is 934. The predicted octanol–water partition coefficient (Wildman–Crippen LogP) is 4.50. The monoisotopic (exact) mass is 364 g/mol. The van der Waals surface area contributed by atoms with E-state index in [2.05, 4.69) is 15.3 Å². The summed E-state index contributed by atoms with van der Waals surface area (Å²) in [7, 11) is 0. The lowest BCUT2D eigenvalue weighted by Gasteiger charge is -2.03. The van der Waals surface area contributed by atoms with Crippen LogP contribution < -0.4 is 0 Å². The summed E-state index contributed by atoms with van der Waals surface area (Å²) in [6.45, 7) is 0. The number of hydrogen-bond acceptors (Lipinski definition) is 4. The molecule has 23 heavy (non-hydrogen) atoms. The highest BCUT2D eigenvalue weighted by Crippen LogP contribution is 2.30. The van der Waals surface area contributed by atoms with Crippen molar-refractivity contribution in [1.29, 1.82) is 0 Å². The summed E-state index contributed by atoms with van der Waals surface area (Å²) >= 11 is 17.0. The number of aromatic amines is 1. The molecule has 0 atom stereocenters. The Hall–Kier alpha value is -2.15. The van der Waals surface area contributed by atoms with E-state index in [0.29, 0.717) is 21.2 Å². The Morgan fingerprint density at radius 3 is 2.70 bits per heavy atom. The summed E-state index contributed by atoms with van der Waals surface area (Å²) in [5, 5.41) is 21.7. The third kappa shape index (κ3) is 3.29. The number of benzene rings is 2. The van der Waals surface area contributed by atoms with Crippen molar-refractivity contribution >= 4 is 41.6 Å². The number of nitrogens with zero attached hydrogens (tertiary/aromatic N) is 3. The fourth-order valence-corrected chi connectivity index (χ4v) is 2.67. The van der Waals surface area contributed by atoms with Crippen molar-refractivity contribution in [1.82, 2.24) is 14.9 Å². The van der Waals surface area contributed by atoms with Gasteiger partial charge in [-0.3, -0.25) is 0 Å². The van der Waals surface area contributed by atoms with Gasteiger partial charge in [0.1, 0.15) is 5.75 Å². The van der Waals surface area contributed by atoms with E-state index in [0.717, 1.165) is 5.56 Å². The molecule has 0 unspecified atom stereocenters. The van der Waals surface area contributed by atoms with Crippen molar-refractivity contribution < 1.29 is 5.11 Å². The van der Waals surface area contributed by atoms with Crippen LogP contribution in [0.25, 0.3) is 11.4 Å². The van der Waals surface area contributed by atoms with Gasteiger partial charge in [0, 0.05) is 16.1 Å². The molecule has 1 aromatic heterocycles. The maximum absolute atomic E-state index is 9.97. The molecular formula is C15H10Cl2N4OS. The number of halogens is 2. The molecule has 116 valence electrons. The molecule has 0 aliphatic heterocycles. The lowest BCUT2D eigenvalue weighted by atomic mass is 10.2. The zero-order chi connectivity index (χ0) is 16.4. The molecule has 2 N–H and O–H groups in total. The number of phenols is 1. The van der Waals surface area contributed by atoms with Gasteiger partial charge in [-0.1, -0.05) is 53.5 Å². The highest BCUT2D eigenvalue weighted by atomic mass is 35.5. The molecule has 0 aliphatic rings. The number of rotatable bonds is 3. The molecule has 0 aliphatic carbocycles. The van der Waals surface area contributed by atoms with E-state index in [-0.39, 0.29) is 10.8 Å². The molecule has 0 saturated heterocycles. The van der Waals surface area contributed by atoms with E-state index in [1.807, 2.05) is 30.3 Å². The quantitative estimate of drug-likeness (QED) is 0.530. The minimum atomic E-state index is -0.101. The van der Waals surface area contributed by atoms with E-state index in [1.165, 1.54) is 17.0 Å². The number of hydrogen-bond donors (Lipinski definition) is 2. The molecule has 3 aromatic rings. The van der Waals surface area contributed by atoms with Gasteiger partial charge in [0.25, 0.3) is 0 Å². The first-order valence-electron chi connectivity index (χ1n) is 6.51. The molecule has 0 saturated carbocycles. The maximum atomic E-state index is 9.97. The second-order valence-corrected chi connectivity index (χ2v) is 5.83. The molecule has 0 fully saturated rings. The van der Waals surface area contributed by atoms with Crippen LogP contribution in [0.15, 0.2) is 47.6 Å². The zero-order valence-corrected chi connectivity index (χ0v) is 13.9. The molecule has 1 heterocycles. The van der Waals surface area contributed by atoms with E-state index in [4.69, 9.17) is 35.4 Å². The first-order valence-corrected chi connectivity index (χ1v) is 7.68. The second kappa shape index (κ2) is 6.54. The minimum absolute atomic E-state index is 0.101. The summed E-state index contributed by atoms with van der Waals surface area (Å²) in [6.07, 6.45) is 1.42. The van der Waals surface area contributed by atoms with E-state index in [9.17, 15) is 5.11 Å². The number of aromatic hydroxyl groups is 1. The van der Waals surface area contributed by atoms with Crippen molar-refractivity contribution in [3.05, 3.63) is 62.8 Å². The van der Waals surface area contributed by atoms with Crippen molar-refractivity contribution in [2.24, 2.45) is 5.10 Å². The average Bonchev–Trinajstić information content (AvgIpc) is 2.91. The molecule has 3 rings (SSSR count). The normalized spacial score (nSPS) is 11.2. The second-order valence-electron chi connectivity index (χ2n) is 4.60. The standard InChI is InChI=1S/C15H10Cl2N4OS/c16-11-6-10(13(22)12(17)7-11)8-18-21-14(19-20-15(21)23)9-4-2-1-3-5-9/h1-8,22H,(H,20,23)/b18-8+. The number of nitrogens with one attached hydrogen (secondary N) is 1. The highest BCUT2D eigenvalue weighted by molar-refractivity contribution is 7.71. The van der Waals surface area contributed by atoms with Gasteiger partial charge in [-0.05, 0) is 24.4 Å². The summed E-state index contributed by atoms with van der Waals surface area (Å²) in [4.78, 5) is 0. The summed E-state index contributed by atoms with van der Waals surface area (Å²) in [5.74, 6) is 0.454. The van der Waals surface area contributed by atoms with Crippen LogP contribution in [-0.4, -0.2) is 26.2 Å². The lowest BCUT2D eigenvalue weighted by Crippen LogP contribution is -1.95. The highest BCUT2D eigenvalue weighted by Gasteiger charge is 2.09. The van der Waals surface area contributed by atoms with Crippen LogP contribution in [0.3, 0.4) is 0 Å². The van der Waals surface area contributed by atoms with Gasteiger partial charge in [0.05, 0.1) is 11.2 Å². The Morgan fingerprint density at radius 1 is 1.22 bits per heavy atom. The Labute approximate surface area is 146 Å². The fourth-order valence-electron chi connectivity index (χ4n) is 1.98. The lowest BCUT2D eigenvalue weighted by molar-refractivity contribution is 0.474. The molecule has 0 spiro atoms. The fraction of sp³-hybridized carbons (Fsp3) is 0. The number of H-pyrrole nitrogens is 1. The van der Waals surface area contributed by atoms with Gasteiger partial charge >= 0.3 is 0 Å². The molecule has 8 heteroatoms. The minimum Gasteiger partial charge on any atom is -0.506 e. The molecule has 2 aromatic carbocycles. The molecule has 0 radical (unpaired) electrons. The van der Waals surface area contributed by atoms with E-state index in [1.54, 1.807) is 6.07 Å². The largest absolute Gasteiger partial charge is 0.506 e. The van der Waals surface area contributed by atoms with Crippen LogP contribution in [0.1, 0.15) is 5.56 Å². The van der Waals surface area contributed by atoms with Gasteiger partial charge < -0.3 is 5.11 Å². The van der Waals surface area contributed by atoms with E-state index < -0.39 is 0 Å². The first kappa shape index (κ1) is 15.7. The van der Waals surface area contributed by atoms with Crippen LogP contribution in [0.5, 0.6) is 5.75 Å². The summed E-state index contributed by atoms with van der Waals surface area (Å²) in [6, 6.07) is 12.5. The van der Waals surface area contributed by atoms with Crippen molar-refractivity contribution in [3.63, 3.8) is 0 Å². The summed E-state index contributed by atoms with van der Waals surface area (Å²) < 4.78 is 1.78. The van der Waals surface area contributed by atoms with Gasteiger partial charge in [-0.15, -0.1) is 0 Å². The molecule has 0 bridgehead atoms. The molecular weight excluding hydrogens is 355 g/mol. The van der Waals surface area contributed by atoms with Crippen molar-refractivity contribution in [2.45, 2.75) is 0 Å². The Balaban J connectivity index is 2.05. The number of phenolic OH excluding ortho intramolecular Hbond substituents is 1. The smallest absolute Gasteiger partial charge is 0.216 e. The van der Waals surface area contributed by atoms with Crippen LogP contribution in [0, 0.1) is 4.77 Å². The van der Waals surface area contributed by atoms with Crippen LogP contribution in [-0.2, 0) is 0 Å². The zero-order valence-electron chi connectivity index (χ0n) is 11.6. The van der Waals surface area contributed by atoms with Crippen molar-refractivity contribution in [2.75, 3.05) is 0 Å². The van der Waals surface area contributed by atoms with Gasteiger partial charge in [0.15, 0.2) is 5.82 Å². The maximum Gasteiger partial charge on any atom is 0.216 e. The third-order valence-electron chi connectivity index (χ3n) is 3.05. The Kier molecular flexibility index (Phi) is 4.47. The van der Waals surface area contributed by atoms with E-state index >= 15 is 0 Å². The SMILES string of the molecule is Oc1c(Cl)cc(Cl)cc1/C=N/n1c(-c2ccccc2)n[nH]c1=S. The topological polar surface area (TPSA) is 66.2 Å². The molecule has 5 nitrogen and oxygen atoms in total.